The van der Waals surface area contributed by atoms with Gasteiger partial charge in [0.05, 0.1) is 6.20 Å². The maximum Gasteiger partial charge on any atom is 0.260 e. The highest BCUT2D eigenvalue weighted by atomic mass is 32.2. The van der Waals surface area contributed by atoms with E-state index in [2.05, 4.69) is 9.97 Å². The standard InChI is InChI=1S/C12H20N4O2S/c1-2-11-14-7-12(15-11)19(17,18)16-9-3-4-10(16)6-8(13)5-9/h7-10H,2-6,13H2,1H3,(H,14,15). The average Bonchev–Trinajstić information content (AvgIpc) is 2.93. The summed E-state index contributed by atoms with van der Waals surface area (Å²) in [7, 11) is -3.45. The number of hydrogen-bond donors (Lipinski definition) is 2. The lowest BCUT2D eigenvalue weighted by Gasteiger charge is -2.36. The molecular formula is C12H20N4O2S. The van der Waals surface area contributed by atoms with E-state index in [4.69, 9.17) is 5.73 Å². The molecule has 2 aliphatic heterocycles. The van der Waals surface area contributed by atoms with Gasteiger partial charge in [0, 0.05) is 24.5 Å². The van der Waals surface area contributed by atoms with Crippen molar-refractivity contribution in [3.8, 4) is 0 Å². The van der Waals surface area contributed by atoms with Crippen molar-refractivity contribution in [2.24, 2.45) is 5.73 Å². The number of nitrogens with one attached hydrogen (secondary N) is 1. The molecule has 2 saturated heterocycles. The Labute approximate surface area is 113 Å². The average molecular weight is 284 g/mol. The van der Waals surface area contributed by atoms with Crippen LogP contribution in [0.2, 0.25) is 0 Å². The molecule has 7 heteroatoms. The number of rotatable bonds is 3. The summed E-state index contributed by atoms with van der Waals surface area (Å²) in [4.78, 5) is 7.00. The number of hydrogen-bond acceptors (Lipinski definition) is 4. The molecule has 0 aromatic carbocycles. The zero-order chi connectivity index (χ0) is 13.6. The number of nitrogens with zero attached hydrogens (tertiary/aromatic N) is 2. The molecule has 0 aliphatic carbocycles. The number of aromatic nitrogens is 2. The van der Waals surface area contributed by atoms with Gasteiger partial charge in [-0.15, -0.1) is 0 Å². The van der Waals surface area contributed by atoms with E-state index in [1.165, 1.54) is 6.20 Å². The van der Waals surface area contributed by atoms with Gasteiger partial charge >= 0.3 is 0 Å². The molecule has 1 aromatic rings. The Morgan fingerprint density at radius 2 is 2.05 bits per heavy atom. The molecule has 19 heavy (non-hydrogen) atoms. The number of aromatic amines is 1. The van der Waals surface area contributed by atoms with Crippen LogP contribution in [-0.4, -0.2) is 40.8 Å². The maximum absolute atomic E-state index is 12.7. The van der Waals surface area contributed by atoms with Gasteiger partial charge in [-0.05, 0) is 25.7 Å². The smallest absolute Gasteiger partial charge is 0.260 e. The van der Waals surface area contributed by atoms with Crippen LogP contribution in [0.15, 0.2) is 11.2 Å². The van der Waals surface area contributed by atoms with E-state index >= 15 is 0 Å². The lowest BCUT2D eigenvalue weighted by atomic mass is 10.0. The molecule has 2 unspecified atom stereocenters. The minimum absolute atomic E-state index is 0.0622. The maximum atomic E-state index is 12.7. The minimum Gasteiger partial charge on any atom is -0.332 e. The predicted molar refractivity (Wildman–Crippen MR) is 71.0 cm³/mol. The summed E-state index contributed by atoms with van der Waals surface area (Å²) in [5.41, 5.74) is 5.98. The molecule has 2 atom stereocenters. The van der Waals surface area contributed by atoms with Gasteiger partial charge in [-0.3, -0.25) is 0 Å². The Balaban J connectivity index is 1.93. The predicted octanol–water partition coefficient (Wildman–Crippen LogP) is 0.615. The van der Waals surface area contributed by atoms with Gasteiger partial charge in [-0.25, -0.2) is 13.4 Å². The third kappa shape index (κ3) is 2.09. The number of piperidine rings is 1. The zero-order valence-electron chi connectivity index (χ0n) is 11.0. The van der Waals surface area contributed by atoms with Gasteiger partial charge in [0.25, 0.3) is 10.0 Å². The van der Waals surface area contributed by atoms with Gasteiger partial charge in [-0.2, -0.15) is 4.31 Å². The van der Waals surface area contributed by atoms with E-state index in [0.717, 1.165) is 25.7 Å². The van der Waals surface area contributed by atoms with E-state index in [1.54, 1.807) is 4.31 Å². The molecule has 106 valence electrons. The van der Waals surface area contributed by atoms with Gasteiger partial charge in [-0.1, -0.05) is 6.92 Å². The lowest BCUT2D eigenvalue weighted by molar-refractivity contribution is 0.227. The Bertz CT molecular complexity index is 554. The molecule has 2 fully saturated rings. The van der Waals surface area contributed by atoms with Crippen molar-refractivity contribution < 1.29 is 8.42 Å². The fourth-order valence-corrected chi connectivity index (χ4v) is 5.16. The Morgan fingerprint density at radius 1 is 1.42 bits per heavy atom. The summed E-state index contributed by atoms with van der Waals surface area (Å²) >= 11 is 0. The van der Waals surface area contributed by atoms with E-state index in [9.17, 15) is 8.42 Å². The Kier molecular flexibility index (Phi) is 3.15. The molecule has 1 aromatic heterocycles. The highest BCUT2D eigenvalue weighted by molar-refractivity contribution is 7.89. The summed E-state index contributed by atoms with van der Waals surface area (Å²) in [6.45, 7) is 1.94. The van der Waals surface area contributed by atoms with Crippen LogP contribution in [0.4, 0.5) is 0 Å². The van der Waals surface area contributed by atoms with Crippen LogP contribution in [-0.2, 0) is 16.4 Å². The second-order valence-electron chi connectivity index (χ2n) is 5.50. The Hall–Kier alpha value is -0.920. The van der Waals surface area contributed by atoms with Crippen molar-refractivity contribution in [3.63, 3.8) is 0 Å². The SMILES string of the molecule is CCc1ncc(S(=O)(=O)N2C3CCC2CC(N)C3)[nH]1. The normalized spacial score (nSPS) is 31.8. The number of sulfonamides is 1. The second kappa shape index (κ2) is 4.57. The summed E-state index contributed by atoms with van der Waals surface area (Å²) in [6, 6.07) is 0.260. The van der Waals surface area contributed by atoms with Crippen LogP contribution in [0.1, 0.15) is 38.4 Å². The first-order chi connectivity index (χ1) is 9.02. The number of fused-ring (bicyclic) bond motifs is 2. The van der Waals surface area contributed by atoms with Crippen LogP contribution >= 0.6 is 0 Å². The third-order valence-corrected chi connectivity index (χ3v) is 6.11. The number of H-pyrrole nitrogens is 1. The number of imidazole rings is 1. The quantitative estimate of drug-likeness (QED) is 0.851. The summed E-state index contributed by atoms with van der Waals surface area (Å²) < 4.78 is 27.1. The van der Waals surface area contributed by atoms with Crippen molar-refractivity contribution in [3.05, 3.63) is 12.0 Å². The van der Waals surface area contributed by atoms with E-state index < -0.39 is 10.0 Å². The lowest BCUT2D eigenvalue weighted by Crippen LogP contribution is -2.50. The summed E-state index contributed by atoms with van der Waals surface area (Å²) in [5.74, 6) is 0.708. The Morgan fingerprint density at radius 3 is 2.58 bits per heavy atom. The van der Waals surface area contributed by atoms with Crippen LogP contribution in [0, 0.1) is 0 Å². The monoisotopic (exact) mass is 284 g/mol. The van der Waals surface area contributed by atoms with Crippen molar-refractivity contribution in [1.29, 1.82) is 0 Å². The van der Waals surface area contributed by atoms with Crippen molar-refractivity contribution in [2.75, 3.05) is 0 Å². The molecule has 0 radical (unpaired) electrons. The van der Waals surface area contributed by atoms with E-state index in [1.807, 2.05) is 6.92 Å². The molecule has 3 heterocycles. The molecule has 0 spiro atoms. The molecular weight excluding hydrogens is 264 g/mol. The third-order valence-electron chi connectivity index (χ3n) is 4.20. The van der Waals surface area contributed by atoms with Gasteiger partial charge in [0.2, 0.25) is 0 Å². The summed E-state index contributed by atoms with van der Waals surface area (Å²) in [5, 5.41) is 0.219. The van der Waals surface area contributed by atoms with Crippen molar-refractivity contribution >= 4 is 10.0 Å². The highest BCUT2D eigenvalue weighted by Crippen LogP contribution is 2.38. The van der Waals surface area contributed by atoms with Crippen LogP contribution in [0.5, 0.6) is 0 Å². The van der Waals surface area contributed by atoms with Gasteiger partial charge in [0.15, 0.2) is 5.03 Å². The number of nitrogens with two attached hydrogens (primary N) is 1. The van der Waals surface area contributed by atoms with Crippen molar-refractivity contribution in [1.82, 2.24) is 14.3 Å². The molecule has 3 N–H and O–H groups in total. The second-order valence-corrected chi connectivity index (χ2v) is 7.31. The molecule has 6 nitrogen and oxygen atoms in total. The largest absolute Gasteiger partial charge is 0.332 e. The fourth-order valence-electron chi connectivity index (χ4n) is 3.34. The van der Waals surface area contributed by atoms with Crippen LogP contribution < -0.4 is 5.73 Å². The molecule has 2 bridgehead atoms. The molecule has 0 saturated carbocycles. The minimum atomic E-state index is -3.45. The zero-order valence-corrected chi connectivity index (χ0v) is 11.9. The number of aryl methyl sites for hydroxylation is 1. The van der Waals surface area contributed by atoms with Gasteiger partial charge in [0.1, 0.15) is 5.82 Å². The highest BCUT2D eigenvalue weighted by Gasteiger charge is 2.46. The topological polar surface area (TPSA) is 92.1 Å². The fraction of sp³-hybridized carbons (Fsp3) is 0.750. The van der Waals surface area contributed by atoms with Crippen LogP contribution in [0.3, 0.4) is 0 Å². The first-order valence-corrected chi connectivity index (χ1v) is 8.29. The van der Waals surface area contributed by atoms with E-state index in [-0.39, 0.29) is 23.2 Å². The first kappa shape index (κ1) is 13.1. The van der Waals surface area contributed by atoms with Gasteiger partial charge < -0.3 is 10.7 Å². The molecule has 0 amide bonds. The summed E-state index contributed by atoms with van der Waals surface area (Å²) in [6.07, 6.45) is 5.52. The first-order valence-electron chi connectivity index (χ1n) is 6.85. The van der Waals surface area contributed by atoms with Crippen LogP contribution in [0.25, 0.3) is 0 Å². The molecule has 2 aliphatic rings. The molecule has 3 rings (SSSR count). The van der Waals surface area contributed by atoms with Crippen molar-refractivity contribution in [2.45, 2.75) is 62.2 Å². The van der Waals surface area contributed by atoms with E-state index in [0.29, 0.717) is 12.2 Å².